The van der Waals surface area contributed by atoms with Gasteiger partial charge in [-0.05, 0) is 27.7 Å². The van der Waals surface area contributed by atoms with Crippen LogP contribution in [0.15, 0.2) is 4.63 Å². The van der Waals surface area contributed by atoms with Crippen molar-refractivity contribution in [3.05, 3.63) is 11.4 Å². The van der Waals surface area contributed by atoms with Gasteiger partial charge in [0.05, 0.1) is 6.42 Å². The second-order valence-electron chi connectivity index (χ2n) is 5.03. The van der Waals surface area contributed by atoms with Gasteiger partial charge in [0.2, 0.25) is 0 Å². The van der Waals surface area contributed by atoms with Crippen molar-refractivity contribution in [2.75, 3.05) is 6.54 Å². The van der Waals surface area contributed by atoms with Crippen LogP contribution in [0.25, 0.3) is 0 Å². The smallest absolute Gasteiger partial charge is 0.304 e. The Morgan fingerprint density at radius 3 is 2.47 bits per heavy atom. The number of carbonyl (C=O) groups is 1. The molecular formula is C11H19N3O3. The molecule has 0 aliphatic rings. The fourth-order valence-corrected chi connectivity index (χ4v) is 1.46. The number of aromatic nitrogens is 2. The van der Waals surface area contributed by atoms with Crippen LogP contribution in [0.3, 0.4) is 0 Å². The van der Waals surface area contributed by atoms with Crippen molar-refractivity contribution in [1.82, 2.24) is 15.2 Å². The van der Waals surface area contributed by atoms with Crippen molar-refractivity contribution >= 4 is 5.97 Å². The summed E-state index contributed by atoms with van der Waals surface area (Å²) < 4.78 is 4.64. The molecule has 0 saturated heterocycles. The van der Waals surface area contributed by atoms with Crippen molar-refractivity contribution < 1.29 is 14.5 Å². The van der Waals surface area contributed by atoms with Crippen LogP contribution in [0.2, 0.25) is 0 Å². The van der Waals surface area contributed by atoms with E-state index in [2.05, 4.69) is 14.9 Å². The number of carboxylic acids is 1. The van der Waals surface area contributed by atoms with E-state index >= 15 is 0 Å². The summed E-state index contributed by atoms with van der Waals surface area (Å²) in [4.78, 5) is 12.7. The molecule has 17 heavy (non-hydrogen) atoms. The highest BCUT2D eigenvalue weighted by atomic mass is 16.6. The molecule has 1 aromatic heterocycles. The molecule has 0 saturated carbocycles. The van der Waals surface area contributed by atoms with E-state index in [4.69, 9.17) is 5.11 Å². The van der Waals surface area contributed by atoms with Crippen LogP contribution < -0.4 is 0 Å². The average Bonchev–Trinajstić information content (AvgIpc) is 2.56. The third-order valence-corrected chi connectivity index (χ3v) is 2.63. The average molecular weight is 241 g/mol. The van der Waals surface area contributed by atoms with Gasteiger partial charge in [0, 0.05) is 18.6 Å². The molecule has 96 valence electrons. The SMILES string of the molecule is Cc1nonc1CN(CCC(=O)O)C(C)(C)C. The number of aryl methyl sites for hydroxylation is 1. The fourth-order valence-electron chi connectivity index (χ4n) is 1.46. The molecule has 0 atom stereocenters. The number of rotatable bonds is 5. The van der Waals surface area contributed by atoms with Crippen molar-refractivity contribution in [2.45, 2.75) is 46.2 Å². The normalized spacial score (nSPS) is 12.1. The summed E-state index contributed by atoms with van der Waals surface area (Å²) >= 11 is 0. The molecule has 0 bridgehead atoms. The highest BCUT2D eigenvalue weighted by Crippen LogP contribution is 2.17. The standard InChI is InChI=1S/C11H19N3O3/c1-8-9(13-17-12-8)7-14(11(2,3)4)6-5-10(15)16/h5-7H2,1-4H3,(H,15,16). The Morgan fingerprint density at radius 1 is 1.41 bits per heavy atom. The molecule has 0 aromatic carbocycles. The first-order valence-corrected chi connectivity index (χ1v) is 5.55. The largest absolute Gasteiger partial charge is 0.481 e. The molecule has 1 rings (SSSR count). The second-order valence-corrected chi connectivity index (χ2v) is 5.03. The Morgan fingerprint density at radius 2 is 2.06 bits per heavy atom. The first-order chi connectivity index (χ1) is 7.80. The highest BCUT2D eigenvalue weighted by molar-refractivity contribution is 5.66. The lowest BCUT2D eigenvalue weighted by Gasteiger charge is -2.34. The molecule has 0 radical (unpaired) electrons. The number of carboxylic acid groups (broad SMARTS) is 1. The zero-order valence-corrected chi connectivity index (χ0v) is 10.7. The minimum Gasteiger partial charge on any atom is -0.481 e. The Kier molecular flexibility index (Phi) is 4.22. The van der Waals surface area contributed by atoms with E-state index < -0.39 is 5.97 Å². The zero-order valence-electron chi connectivity index (χ0n) is 10.7. The van der Waals surface area contributed by atoms with E-state index in [0.29, 0.717) is 13.1 Å². The Bertz CT molecular complexity index is 382. The number of hydrogen-bond acceptors (Lipinski definition) is 5. The first-order valence-electron chi connectivity index (χ1n) is 5.55. The first kappa shape index (κ1) is 13.6. The summed E-state index contributed by atoms with van der Waals surface area (Å²) in [6.07, 6.45) is 0.113. The van der Waals surface area contributed by atoms with Gasteiger partial charge in [-0.2, -0.15) is 0 Å². The van der Waals surface area contributed by atoms with Gasteiger partial charge < -0.3 is 5.11 Å². The zero-order chi connectivity index (χ0) is 13.1. The fraction of sp³-hybridized carbons (Fsp3) is 0.727. The summed E-state index contributed by atoms with van der Waals surface area (Å²) in [7, 11) is 0. The van der Waals surface area contributed by atoms with Crippen LogP contribution in [0.5, 0.6) is 0 Å². The van der Waals surface area contributed by atoms with E-state index in [1.165, 1.54) is 0 Å². The van der Waals surface area contributed by atoms with Gasteiger partial charge in [0.25, 0.3) is 0 Å². The molecule has 0 fully saturated rings. The lowest BCUT2D eigenvalue weighted by atomic mass is 10.0. The maximum atomic E-state index is 10.6. The predicted octanol–water partition coefficient (Wildman–Crippen LogP) is 1.45. The summed E-state index contributed by atoms with van der Waals surface area (Å²) in [6, 6.07) is 0. The van der Waals surface area contributed by atoms with Gasteiger partial charge >= 0.3 is 5.97 Å². The minimum atomic E-state index is -0.797. The number of hydrogen-bond donors (Lipinski definition) is 1. The molecule has 6 heteroatoms. The molecule has 1 aromatic rings. The molecule has 0 aliphatic carbocycles. The summed E-state index contributed by atoms with van der Waals surface area (Å²) in [5.41, 5.74) is 1.38. The molecule has 6 nitrogen and oxygen atoms in total. The van der Waals surface area contributed by atoms with Crippen molar-refractivity contribution in [3.63, 3.8) is 0 Å². The Hall–Kier alpha value is -1.43. The third kappa shape index (κ3) is 4.14. The lowest BCUT2D eigenvalue weighted by molar-refractivity contribution is -0.137. The Labute approximate surface area is 101 Å². The lowest BCUT2D eigenvalue weighted by Crippen LogP contribution is -2.42. The van der Waals surface area contributed by atoms with Gasteiger partial charge in [0.1, 0.15) is 11.4 Å². The van der Waals surface area contributed by atoms with Crippen LogP contribution in [-0.4, -0.2) is 38.4 Å². The molecule has 0 unspecified atom stereocenters. The maximum absolute atomic E-state index is 10.6. The maximum Gasteiger partial charge on any atom is 0.304 e. The topological polar surface area (TPSA) is 79.5 Å². The molecule has 1 N–H and O–H groups in total. The van der Waals surface area contributed by atoms with Crippen LogP contribution in [-0.2, 0) is 11.3 Å². The van der Waals surface area contributed by atoms with Crippen LogP contribution in [0.1, 0.15) is 38.6 Å². The number of aliphatic carboxylic acids is 1. The van der Waals surface area contributed by atoms with E-state index in [1.807, 2.05) is 32.6 Å². The van der Waals surface area contributed by atoms with Crippen LogP contribution >= 0.6 is 0 Å². The molecule has 0 amide bonds. The minimum absolute atomic E-state index is 0.113. The van der Waals surface area contributed by atoms with Crippen molar-refractivity contribution in [2.24, 2.45) is 0 Å². The van der Waals surface area contributed by atoms with Gasteiger partial charge in [-0.25, -0.2) is 4.63 Å². The summed E-state index contributed by atoms with van der Waals surface area (Å²) in [5, 5.41) is 16.3. The molecule has 0 spiro atoms. The van der Waals surface area contributed by atoms with Crippen molar-refractivity contribution in [3.8, 4) is 0 Å². The second kappa shape index (κ2) is 5.27. The monoisotopic (exact) mass is 241 g/mol. The third-order valence-electron chi connectivity index (χ3n) is 2.63. The van der Waals surface area contributed by atoms with E-state index in [9.17, 15) is 4.79 Å². The van der Waals surface area contributed by atoms with Gasteiger partial charge in [-0.3, -0.25) is 9.69 Å². The molecule has 1 heterocycles. The quantitative estimate of drug-likeness (QED) is 0.840. The highest BCUT2D eigenvalue weighted by Gasteiger charge is 2.24. The van der Waals surface area contributed by atoms with Crippen molar-refractivity contribution in [1.29, 1.82) is 0 Å². The van der Waals surface area contributed by atoms with Gasteiger partial charge in [-0.1, -0.05) is 10.3 Å². The predicted molar refractivity (Wildman–Crippen MR) is 61.5 cm³/mol. The summed E-state index contributed by atoms with van der Waals surface area (Å²) in [6.45, 7) is 8.97. The van der Waals surface area contributed by atoms with Gasteiger partial charge in [-0.15, -0.1) is 0 Å². The van der Waals surface area contributed by atoms with Gasteiger partial charge in [0.15, 0.2) is 0 Å². The van der Waals surface area contributed by atoms with E-state index in [0.717, 1.165) is 11.4 Å². The summed E-state index contributed by atoms with van der Waals surface area (Å²) in [5.74, 6) is -0.797. The molecule has 0 aliphatic heterocycles. The van der Waals surface area contributed by atoms with Crippen LogP contribution in [0.4, 0.5) is 0 Å². The van der Waals surface area contributed by atoms with E-state index in [-0.39, 0.29) is 12.0 Å². The molecular weight excluding hydrogens is 222 g/mol. The number of nitrogens with zero attached hydrogens (tertiary/aromatic N) is 3. The van der Waals surface area contributed by atoms with E-state index in [1.54, 1.807) is 0 Å². The Balaban J connectivity index is 2.71. The van der Waals surface area contributed by atoms with Crippen LogP contribution in [0, 0.1) is 6.92 Å².